The number of carbonyl (C=O) groups excluding carboxylic acids is 1. The quantitative estimate of drug-likeness (QED) is 0.902. The zero-order valence-electron chi connectivity index (χ0n) is 10.9. The van der Waals surface area contributed by atoms with Gasteiger partial charge in [0.25, 0.3) is 0 Å². The van der Waals surface area contributed by atoms with E-state index >= 15 is 0 Å². The lowest BCUT2D eigenvalue weighted by Crippen LogP contribution is -2.43. The average molecular weight is 271 g/mol. The highest BCUT2D eigenvalue weighted by molar-refractivity contribution is 5.95. The first kappa shape index (κ1) is 12.6. The van der Waals surface area contributed by atoms with E-state index < -0.39 is 11.6 Å². The van der Waals surface area contributed by atoms with Crippen LogP contribution in [-0.4, -0.2) is 26.7 Å². The van der Waals surface area contributed by atoms with E-state index in [9.17, 15) is 9.90 Å². The maximum absolute atomic E-state index is 12.4. The predicted octanol–water partition coefficient (Wildman–Crippen LogP) is 1.74. The average Bonchev–Trinajstić information content (AvgIpc) is 3.08. The van der Waals surface area contributed by atoms with Gasteiger partial charge in [-0.3, -0.25) is 9.78 Å². The fraction of sp³-hybridized carbons (Fsp3) is 0.214. The number of hydrogen-bond acceptors (Lipinski definition) is 5. The van der Waals surface area contributed by atoms with Gasteiger partial charge in [-0.25, -0.2) is 0 Å². The molecule has 1 amide bonds. The Morgan fingerprint density at radius 3 is 2.80 bits per heavy atom. The summed E-state index contributed by atoms with van der Waals surface area (Å²) in [5.41, 5.74) is -0.270. The van der Waals surface area contributed by atoms with Crippen LogP contribution in [0.1, 0.15) is 29.5 Å². The van der Waals surface area contributed by atoms with Gasteiger partial charge in [0.2, 0.25) is 0 Å². The molecule has 2 aromatic heterocycles. The van der Waals surface area contributed by atoms with Gasteiger partial charge in [-0.05, 0) is 31.2 Å². The highest BCUT2D eigenvalue weighted by Crippen LogP contribution is 2.35. The van der Waals surface area contributed by atoms with Gasteiger partial charge in [-0.15, -0.1) is 0 Å². The summed E-state index contributed by atoms with van der Waals surface area (Å²) >= 11 is 0. The van der Waals surface area contributed by atoms with Gasteiger partial charge in [0.15, 0.2) is 11.5 Å². The van der Waals surface area contributed by atoms with Gasteiger partial charge in [-0.2, -0.15) is 10.1 Å². The van der Waals surface area contributed by atoms with Crippen molar-refractivity contribution in [1.82, 2.24) is 9.99 Å². The van der Waals surface area contributed by atoms with Crippen LogP contribution in [0.15, 0.2) is 52.4 Å². The zero-order valence-corrected chi connectivity index (χ0v) is 10.9. The van der Waals surface area contributed by atoms with E-state index in [2.05, 4.69) is 10.1 Å². The number of hydrogen-bond donors (Lipinski definition) is 1. The molecular weight excluding hydrogens is 258 g/mol. The van der Waals surface area contributed by atoms with Crippen molar-refractivity contribution >= 4 is 11.6 Å². The molecule has 0 fully saturated rings. The van der Waals surface area contributed by atoms with Crippen LogP contribution in [0.25, 0.3) is 0 Å². The fourth-order valence-corrected chi connectivity index (χ4v) is 2.28. The second-order valence-electron chi connectivity index (χ2n) is 4.66. The number of amides is 1. The monoisotopic (exact) mass is 271 g/mol. The van der Waals surface area contributed by atoms with Crippen molar-refractivity contribution in [3.63, 3.8) is 0 Å². The highest BCUT2D eigenvalue weighted by atomic mass is 16.4. The molecule has 0 aromatic carbocycles. The van der Waals surface area contributed by atoms with Crippen LogP contribution in [0.2, 0.25) is 0 Å². The molecule has 3 heterocycles. The van der Waals surface area contributed by atoms with Crippen molar-refractivity contribution in [3.8, 4) is 0 Å². The topological polar surface area (TPSA) is 78.9 Å². The lowest BCUT2D eigenvalue weighted by molar-refractivity contribution is -0.0776. The third kappa shape index (κ3) is 1.90. The summed E-state index contributed by atoms with van der Waals surface area (Å²) in [7, 11) is 0. The minimum absolute atomic E-state index is 0.135. The Morgan fingerprint density at radius 2 is 2.15 bits per heavy atom. The number of rotatable bonds is 2. The minimum Gasteiger partial charge on any atom is -0.459 e. The van der Waals surface area contributed by atoms with E-state index in [-0.39, 0.29) is 12.2 Å². The maximum Gasteiger partial charge on any atom is 0.312 e. The number of furan rings is 1. The second-order valence-corrected chi connectivity index (χ2v) is 4.66. The number of aromatic nitrogens is 1. The van der Waals surface area contributed by atoms with E-state index in [1.54, 1.807) is 43.6 Å². The van der Waals surface area contributed by atoms with Crippen LogP contribution in [0, 0.1) is 0 Å². The summed E-state index contributed by atoms with van der Waals surface area (Å²) < 4.78 is 5.09. The van der Waals surface area contributed by atoms with Gasteiger partial charge >= 0.3 is 5.91 Å². The molecule has 0 bridgehead atoms. The van der Waals surface area contributed by atoms with Crippen LogP contribution in [0.3, 0.4) is 0 Å². The predicted molar refractivity (Wildman–Crippen MR) is 70.7 cm³/mol. The Balaban J connectivity index is 2.02. The normalized spacial score (nSPS) is 21.9. The highest BCUT2D eigenvalue weighted by Gasteiger charge is 2.45. The lowest BCUT2D eigenvalue weighted by Gasteiger charge is -2.30. The van der Waals surface area contributed by atoms with Gasteiger partial charge < -0.3 is 9.52 Å². The molecule has 1 unspecified atom stereocenters. The number of carbonyl (C=O) groups is 1. The Kier molecular flexibility index (Phi) is 2.87. The van der Waals surface area contributed by atoms with E-state index in [0.717, 1.165) is 5.01 Å². The van der Waals surface area contributed by atoms with E-state index in [1.165, 1.54) is 6.26 Å². The number of pyridine rings is 1. The first-order valence-electron chi connectivity index (χ1n) is 6.16. The van der Waals surface area contributed by atoms with Crippen LogP contribution in [0.4, 0.5) is 0 Å². The van der Waals surface area contributed by atoms with E-state index in [1.807, 2.05) is 0 Å². The molecule has 0 saturated heterocycles. The van der Waals surface area contributed by atoms with Crippen molar-refractivity contribution in [3.05, 3.63) is 54.2 Å². The molecule has 1 atom stereocenters. The number of hydrazone groups is 1. The Morgan fingerprint density at radius 1 is 1.40 bits per heavy atom. The summed E-state index contributed by atoms with van der Waals surface area (Å²) in [4.78, 5) is 16.3. The van der Waals surface area contributed by atoms with Gasteiger partial charge in [0.1, 0.15) is 0 Å². The number of aliphatic hydroxyl groups is 1. The minimum atomic E-state index is -1.50. The molecule has 20 heavy (non-hydrogen) atoms. The SMILES string of the molecule is CC1=NN(C(=O)c2ccco2)C(O)(c2ccncc2)C1. The molecule has 0 spiro atoms. The molecule has 3 rings (SSSR count). The molecule has 1 N–H and O–H groups in total. The zero-order chi connectivity index (χ0) is 14.2. The van der Waals surface area contributed by atoms with Crippen molar-refractivity contribution in [2.24, 2.45) is 5.10 Å². The first-order chi connectivity index (χ1) is 9.61. The molecular formula is C14H13N3O3. The van der Waals surface area contributed by atoms with Crippen LogP contribution in [0.5, 0.6) is 0 Å². The van der Waals surface area contributed by atoms with E-state index in [4.69, 9.17) is 4.42 Å². The number of nitrogens with zero attached hydrogens (tertiary/aromatic N) is 3. The van der Waals surface area contributed by atoms with Crippen LogP contribution >= 0.6 is 0 Å². The van der Waals surface area contributed by atoms with Gasteiger partial charge in [-0.1, -0.05) is 0 Å². The molecule has 2 aromatic rings. The Labute approximate surface area is 115 Å². The summed E-state index contributed by atoms with van der Waals surface area (Å²) in [6, 6.07) is 6.48. The summed E-state index contributed by atoms with van der Waals surface area (Å²) in [6.07, 6.45) is 4.79. The fourth-order valence-electron chi connectivity index (χ4n) is 2.28. The van der Waals surface area contributed by atoms with Crippen LogP contribution in [-0.2, 0) is 5.72 Å². The molecule has 6 nitrogen and oxygen atoms in total. The second kappa shape index (κ2) is 4.57. The van der Waals surface area contributed by atoms with Crippen LogP contribution < -0.4 is 0 Å². The van der Waals surface area contributed by atoms with Crippen molar-refractivity contribution in [1.29, 1.82) is 0 Å². The maximum atomic E-state index is 12.4. The molecule has 1 aliphatic heterocycles. The third-order valence-electron chi connectivity index (χ3n) is 3.19. The lowest BCUT2D eigenvalue weighted by atomic mass is 9.99. The van der Waals surface area contributed by atoms with Crippen molar-refractivity contribution in [2.75, 3.05) is 0 Å². The van der Waals surface area contributed by atoms with E-state index in [0.29, 0.717) is 11.3 Å². The summed E-state index contributed by atoms with van der Waals surface area (Å²) in [5, 5.41) is 16.1. The van der Waals surface area contributed by atoms with Gasteiger partial charge in [0, 0.05) is 30.1 Å². The molecule has 102 valence electrons. The summed E-state index contributed by atoms with van der Waals surface area (Å²) in [5.74, 6) is -0.345. The largest absolute Gasteiger partial charge is 0.459 e. The van der Waals surface area contributed by atoms with Crippen molar-refractivity contribution < 1.29 is 14.3 Å². The standard InChI is InChI=1S/C14H13N3O3/c1-10-9-14(19,11-4-6-15-7-5-11)17(16-10)13(18)12-3-2-8-20-12/h2-8,19H,9H2,1H3. The molecule has 1 aliphatic rings. The summed E-state index contributed by atoms with van der Waals surface area (Å²) in [6.45, 7) is 1.77. The van der Waals surface area contributed by atoms with Crippen molar-refractivity contribution in [2.45, 2.75) is 19.1 Å². The molecule has 0 aliphatic carbocycles. The first-order valence-corrected chi connectivity index (χ1v) is 6.16. The Hall–Kier alpha value is -2.47. The smallest absolute Gasteiger partial charge is 0.312 e. The molecule has 0 radical (unpaired) electrons. The third-order valence-corrected chi connectivity index (χ3v) is 3.19. The molecule has 6 heteroatoms. The van der Waals surface area contributed by atoms with Gasteiger partial charge in [0.05, 0.1) is 6.26 Å². The molecule has 0 saturated carbocycles. The Bertz CT molecular complexity index is 652.